The molecule has 0 atom stereocenters. The normalized spacial score (nSPS) is 10.7. The second-order valence-corrected chi connectivity index (χ2v) is 4.46. The third kappa shape index (κ3) is 4.10. The van der Waals surface area contributed by atoms with Crippen LogP contribution < -0.4 is 10.1 Å². The van der Waals surface area contributed by atoms with E-state index in [-0.39, 0.29) is 5.57 Å². The molecule has 0 unspecified atom stereocenters. The van der Waals surface area contributed by atoms with E-state index in [1.165, 1.54) is 7.11 Å². The van der Waals surface area contributed by atoms with Gasteiger partial charge in [0.05, 0.1) is 13.4 Å². The smallest absolute Gasteiger partial charge is 0.339 e. The maximum Gasteiger partial charge on any atom is 0.339 e. The molecule has 0 spiro atoms. The molecule has 0 aromatic heterocycles. The van der Waals surface area contributed by atoms with Crippen LogP contribution in [0.15, 0.2) is 54.8 Å². The van der Waals surface area contributed by atoms with E-state index in [1.54, 1.807) is 48.5 Å². The molecule has 118 valence electrons. The molecule has 0 aliphatic heterocycles. The Morgan fingerprint density at radius 2 is 1.96 bits per heavy atom. The molecule has 0 radical (unpaired) electrons. The van der Waals surface area contributed by atoms with Gasteiger partial charge in [-0.3, -0.25) is 4.79 Å². The van der Waals surface area contributed by atoms with E-state index in [0.29, 0.717) is 29.2 Å². The summed E-state index contributed by atoms with van der Waals surface area (Å²) in [6.45, 7) is 0. The molecule has 0 heterocycles. The maximum absolute atomic E-state index is 11.4. The minimum Gasteiger partial charge on any atom is -0.503 e. The number of benzene rings is 2. The minimum atomic E-state index is -1.13. The van der Waals surface area contributed by atoms with Crippen molar-refractivity contribution in [3.8, 4) is 11.5 Å². The fourth-order valence-corrected chi connectivity index (χ4v) is 1.97. The van der Waals surface area contributed by atoms with Crippen LogP contribution in [0.4, 0.5) is 5.69 Å². The molecule has 6 nitrogen and oxygen atoms in total. The molecular weight excluding hydrogens is 298 g/mol. The van der Waals surface area contributed by atoms with E-state index < -0.39 is 5.97 Å². The van der Waals surface area contributed by atoms with E-state index in [9.17, 15) is 14.7 Å². The van der Waals surface area contributed by atoms with Gasteiger partial charge in [0.25, 0.3) is 0 Å². The van der Waals surface area contributed by atoms with Gasteiger partial charge in [-0.05, 0) is 18.2 Å². The Bertz CT molecular complexity index is 739. The standard InChI is InChI=1S/C17H15NO5/c1-22-10-15(17(20)21)14-7-2-3-8-16(14)23-13-6-4-5-12(9-13)18-11-19/h2-11H,1H3,(H,18,19)(H,20,21). The molecule has 2 rings (SSSR count). The summed E-state index contributed by atoms with van der Waals surface area (Å²) < 4.78 is 10.6. The molecule has 1 amide bonds. The Hall–Kier alpha value is -3.28. The second-order valence-electron chi connectivity index (χ2n) is 4.46. The lowest BCUT2D eigenvalue weighted by Gasteiger charge is -2.12. The van der Waals surface area contributed by atoms with Crippen LogP contribution in [-0.2, 0) is 14.3 Å². The molecule has 0 aliphatic carbocycles. The topological polar surface area (TPSA) is 84.9 Å². The highest BCUT2D eigenvalue weighted by atomic mass is 16.5. The highest BCUT2D eigenvalue weighted by molar-refractivity contribution is 6.15. The average Bonchev–Trinajstić information content (AvgIpc) is 2.54. The predicted octanol–water partition coefficient (Wildman–Crippen LogP) is 3.12. The number of carbonyl (C=O) groups is 2. The van der Waals surface area contributed by atoms with Crippen LogP contribution in [0.1, 0.15) is 5.56 Å². The van der Waals surface area contributed by atoms with Crippen LogP contribution in [0.2, 0.25) is 0 Å². The third-order valence-corrected chi connectivity index (χ3v) is 2.93. The number of nitrogens with one attached hydrogen (secondary N) is 1. The lowest BCUT2D eigenvalue weighted by molar-refractivity contribution is -0.130. The van der Waals surface area contributed by atoms with Crippen molar-refractivity contribution in [1.29, 1.82) is 0 Å². The van der Waals surface area contributed by atoms with Crippen molar-refractivity contribution in [1.82, 2.24) is 0 Å². The Kier molecular flexibility index (Phi) is 5.35. The molecule has 0 saturated heterocycles. The fourth-order valence-electron chi connectivity index (χ4n) is 1.97. The molecule has 0 bridgehead atoms. The van der Waals surface area contributed by atoms with Gasteiger partial charge in [0.1, 0.15) is 17.1 Å². The van der Waals surface area contributed by atoms with Crippen molar-refractivity contribution >= 4 is 23.6 Å². The number of carboxylic acid groups (broad SMARTS) is 1. The van der Waals surface area contributed by atoms with E-state index in [4.69, 9.17) is 9.47 Å². The summed E-state index contributed by atoms with van der Waals surface area (Å²) in [5.74, 6) is -0.299. The Morgan fingerprint density at radius 3 is 2.65 bits per heavy atom. The number of carboxylic acids is 1. The van der Waals surface area contributed by atoms with Crippen LogP contribution in [0, 0.1) is 0 Å². The predicted molar refractivity (Wildman–Crippen MR) is 85.3 cm³/mol. The molecule has 0 saturated carbocycles. The summed E-state index contributed by atoms with van der Waals surface area (Å²) in [5.41, 5.74) is 0.932. The van der Waals surface area contributed by atoms with Crippen molar-refractivity contribution < 1.29 is 24.2 Å². The summed E-state index contributed by atoms with van der Waals surface area (Å²) in [5, 5.41) is 11.8. The number of aliphatic carboxylic acids is 1. The van der Waals surface area contributed by atoms with E-state index in [0.717, 1.165) is 6.26 Å². The van der Waals surface area contributed by atoms with Gasteiger partial charge >= 0.3 is 5.97 Å². The maximum atomic E-state index is 11.4. The quantitative estimate of drug-likeness (QED) is 0.466. The van der Waals surface area contributed by atoms with Crippen molar-refractivity contribution in [2.24, 2.45) is 0 Å². The van der Waals surface area contributed by atoms with Gasteiger partial charge < -0.3 is 19.9 Å². The van der Waals surface area contributed by atoms with Crippen LogP contribution >= 0.6 is 0 Å². The average molecular weight is 313 g/mol. The van der Waals surface area contributed by atoms with Crippen LogP contribution in [0.5, 0.6) is 11.5 Å². The number of hydrogen-bond donors (Lipinski definition) is 2. The molecule has 23 heavy (non-hydrogen) atoms. The van der Waals surface area contributed by atoms with Gasteiger partial charge in [-0.2, -0.15) is 0 Å². The number of ether oxygens (including phenoxy) is 2. The zero-order valence-electron chi connectivity index (χ0n) is 12.4. The highest BCUT2D eigenvalue weighted by Crippen LogP contribution is 2.31. The fraction of sp³-hybridized carbons (Fsp3) is 0.0588. The molecular formula is C17H15NO5. The Morgan fingerprint density at radius 1 is 1.17 bits per heavy atom. The zero-order valence-corrected chi connectivity index (χ0v) is 12.4. The van der Waals surface area contributed by atoms with Crippen molar-refractivity contribution in [2.45, 2.75) is 0 Å². The summed E-state index contributed by atoms with van der Waals surface area (Å²) in [6.07, 6.45) is 1.71. The molecule has 0 fully saturated rings. The molecule has 2 aromatic carbocycles. The van der Waals surface area contributed by atoms with E-state index in [2.05, 4.69) is 5.32 Å². The first-order valence-corrected chi connectivity index (χ1v) is 6.69. The summed E-state index contributed by atoms with van der Waals surface area (Å²) in [7, 11) is 1.38. The second kappa shape index (κ2) is 7.65. The third-order valence-electron chi connectivity index (χ3n) is 2.93. The van der Waals surface area contributed by atoms with Gasteiger partial charge in [0.15, 0.2) is 0 Å². The van der Waals surface area contributed by atoms with Crippen molar-refractivity contribution in [2.75, 3.05) is 12.4 Å². The number of hydrogen-bond acceptors (Lipinski definition) is 4. The van der Waals surface area contributed by atoms with Crippen LogP contribution in [0.3, 0.4) is 0 Å². The highest BCUT2D eigenvalue weighted by Gasteiger charge is 2.16. The number of para-hydroxylation sites is 1. The van der Waals surface area contributed by atoms with E-state index in [1.807, 2.05) is 0 Å². The number of methoxy groups -OCH3 is 1. The van der Waals surface area contributed by atoms with Crippen molar-refractivity contribution in [3.63, 3.8) is 0 Å². The lowest BCUT2D eigenvalue weighted by atomic mass is 10.1. The zero-order chi connectivity index (χ0) is 16.7. The first kappa shape index (κ1) is 16.1. The summed E-state index contributed by atoms with van der Waals surface area (Å²) in [6, 6.07) is 13.5. The van der Waals surface area contributed by atoms with Gasteiger partial charge in [0, 0.05) is 17.3 Å². The molecule has 6 heteroatoms. The Balaban J connectivity index is 2.37. The van der Waals surface area contributed by atoms with E-state index >= 15 is 0 Å². The monoisotopic (exact) mass is 313 g/mol. The molecule has 2 N–H and O–H groups in total. The van der Waals surface area contributed by atoms with Gasteiger partial charge in [-0.1, -0.05) is 24.3 Å². The SMILES string of the molecule is COC=C(C(=O)O)c1ccccc1Oc1cccc(NC=O)c1. The number of amides is 1. The summed E-state index contributed by atoms with van der Waals surface area (Å²) >= 11 is 0. The van der Waals surface area contributed by atoms with Crippen molar-refractivity contribution in [3.05, 3.63) is 60.4 Å². The molecule has 0 aliphatic rings. The minimum absolute atomic E-state index is 0.0229. The van der Waals surface area contributed by atoms with Gasteiger partial charge in [-0.15, -0.1) is 0 Å². The molecule has 2 aromatic rings. The van der Waals surface area contributed by atoms with Crippen LogP contribution in [0.25, 0.3) is 5.57 Å². The van der Waals surface area contributed by atoms with Crippen LogP contribution in [-0.4, -0.2) is 24.6 Å². The number of carbonyl (C=O) groups excluding carboxylic acids is 1. The largest absolute Gasteiger partial charge is 0.503 e. The number of anilines is 1. The first-order chi connectivity index (χ1) is 11.2. The first-order valence-electron chi connectivity index (χ1n) is 6.69. The number of rotatable bonds is 7. The Labute approximate surface area is 133 Å². The summed E-state index contributed by atoms with van der Waals surface area (Å²) in [4.78, 5) is 21.9. The van der Waals surface area contributed by atoms with Gasteiger partial charge in [0.2, 0.25) is 6.41 Å². The van der Waals surface area contributed by atoms with Gasteiger partial charge in [-0.25, -0.2) is 4.79 Å². The lowest BCUT2D eigenvalue weighted by Crippen LogP contribution is -2.02.